The van der Waals surface area contributed by atoms with Gasteiger partial charge < -0.3 is 14.8 Å². The van der Waals surface area contributed by atoms with Gasteiger partial charge in [0.2, 0.25) is 0 Å². The summed E-state index contributed by atoms with van der Waals surface area (Å²) in [4.78, 5) is 12.3. The number of carbonyl (C=O) groups is 1. The quantitative estimate of drug-likeness (QED) is 0.584. The second-order valence-corrected chi connectivity index (χ2v) is 6.34. The van der Waals surface area contributed by atoms with Gasteiger partial charge in [0.05, 0.1) is 7.11 Å². The molecule has 0 amide bonds. The van der Waals surface area contributed by atoms with Crippen molar-refractivity contribution in [1.29, 1.82) is 0 Å². The molecule has 144 valence electrons. The Kier molecular flexibility index (Phi) is 6.27. The molecule has 3 rings (SSSR count). The normalized spacial score (nSPS) is 11.5. The van der Waals surface area contributed by atoms with Gasteiger partial charge in [-0.1, -0.05) is 42.5 Å². The van der Waals surface area contributed by atoms with E-state index in [1.807, 2.05) is 55.5 Å². The van der Waals surface area contributed by atoms with Crippen molar-refractivity contribution in [3.05, 3.63) is 95.3 Å². The van der Waals surface area contributed by atoms with Crippen LogP contribution in [-0.2, 0) is 16.1 Å². The molecule has 1 unspecified atom stereocenters. The van der Waals surface area contributed by atoms with Crippen LogP contribution in [0.3, 0.4) is 0 Å². The lowest BCUT2D eigenvalue weighted by Crippen LogP contribution is -2.23. The molecule has 0 aliphatic heterocycles. The maximum atomic E-state index is 13.3. The highest BCUT2D eigenvalue weighted by atomic mass is 19.1. The van der Waals surface area contributed by atoms with Crippen LogP contribution in [0.4, 0.5) is 10.1 Å². The summed E-state index contributed by atoms with van der Waals surface area (Å²) in [6.07, 6.45) is 0. The standard InChI is InChI=1S/C23H22FNO3/c1-16-18(15-28-20-8-4-3-5-9-20)7-6-10-21(16)25-22(23(26)27-2)17-11-13-19(24)14-12-17/h3-14,22,25H,15H2,1-2H3. The fourth-order valence-electron chi connectivity index (χ4n) is 2.88. The Morgan fingerprint density at radius 1 is 1.00 bits per heavy atom. The van der Waals surface area contributed by atoms with Gasteiger partial charge in [-0.15, -0.1) is 0 Å². The zero-order valence-electron chi connectivity index (χ0n) is 15.8. The zero-order valence-corrected chi connectivity index (χ0v) is 15.8. The van der Waals surface area contributed by atoms with Crippen LogP contribution in [0.15, 0.2) is 72.8 Å². The zero-order chi connectivity index (χ0) is 19.9. The summed E-state index contributed by atoms with van der Waals surface area (Å²) in [6, 6.07) is 20.4. The minimum atomic E-state index is -0.741. The van der Waals surface area contributed by atoms with E-state index in [4.69, 9.17) is 9.47 Å². The molecule has 1 N–H and O–H groups in total. The first-order valence-electron chi connectivity index (χ1n) is 8.94. The molecule has 0 aromatic heterocycles. The number of ether oxygens (including phenoxy) is 2. The predicted octanol–water partition coefficient (Wildman–Crippen LogP) is 5.04. The molecule has 0 fully saturated rings. The summed E-state index contributed by atoms with van der Waals surface area (Å²) in [5.41, 5.74) is 3.37. The number of nitrogens with one attached hydrogen (secondary N) is 1. The summed E-state index contributed by atoms with van der Waals surface area (Å²) in [5, 5.41) is 3.22. The number of hydrogen-bond acceptors (Lipinski definition) is 4. The Morgan fingerprint density at radius 2 is 1.71 bits per heavy atom. The number of esters is 1. The van der Waals surface area contributed by atoms with E-state index in [0.29, 0.717) is 12.2 Å². The van der Waals surface area contributed by atoms with Crippen molar-refractivity contribution in [2.24, 2.45) is 0 Å². The second-order valence-electron chi connectivity index (χ2n) is 6.34. The van der Waals surface area contributed by atoms with Crippen molar-refractivity contribution in [2.45, 2.75) is 19.6 Å². The van der Waals surface area contributed by atoms with Gasteiger partial charge in [-0.25, -0.2) is 9.18 Å². The van der Waals surface area contributed by atoms with Crippen LogP contribution in [0.2, 0.25) is 0 Å². The van der Waals surface area contributed by atoms with Crippen LogP contribution in [0.5, 0.6) is 5.75 Å². The number of carbonyl (C=O) groups excluding carboxylic acids is 1. The van der Waals surface area contributed by atoms with Crippen LogP contribution >= 0.6 is 0 Å². The van der Waals surface area contributed by atoms with Crippen molar-refractivity contribution < 1.29 is 18.7 Å². The highest BCUT2D eigenvalue weighted by Crippen LogP contribution is 2.26. The molecule has 1 atom stereocenters. The van der Waals surface area contributed by atoms with E-state index in [1.165, 1.54) is 19.2 Å². The molecule has 3 aromatic rings. The van der Waals surface area contributed by atoms with Gasteiger partial charge in [-0.3, -0.25) is 0 Å². The van der Waals surface area contributed by atoms with Crippen molar-refractivity contribution in [1.82, 2.24) is 0 Å². The Labute approximate surface area is 163 Å². The van der Waals surface area contributed by atoms with Gasteiger partial charge in [0.1, 0.15) is 18.2 Å². The number of anilines is 1. The van der Waals surface area contributed by atoms with Gasteiger partial charge in [-0.05, 0) is 53.9 Å². The number of methoxy groups -OCH3 is 1. The summed E-state index contributed by atoms with van der Waals surface area (Å²) in [7, 11) is 1.33. The highest BCUT2D eigenvalue weighted by Gasteiger charge is 2.22. The van der Waals surface area contributed by atoms with Crippen LogP contribution in [0.1, 0.15) is 22.7 Å². The Bertz CT molecular complexity index is 926. The molecule has 0 bridgehead atoms. The number of halogens is 1. The second kappa shape index (κ2) is 9.04. The molecule has 5 heteroatoms. The maximum Gasteiger partial charge on any atom is 0.332 e. The van der Waals surface area contributed by atoms with Gasteiger partial charge in [0.15, 0.2) is 6.04 Å². The molecule has 0 aliphatic carbocycles. The average molecular weight is 379 g/mol. The highest BCUT2D eigenvalue weighted by molar-refractivity contribution is 5.81. The molecule has 4 nitrogen and oxygen atoms in total. The van der Waals surface area contributed by atoms with E-state index >= 15 is 0 Å². The van der Waals surface area contributed by atoms with E-state index in [-0.39, 0.29) is 5.82 Å². The lowest BCUT2D eigenvalue weighted by atomic mass is 10.0. The SMILES string of the molecule is COC(=O)C(Nc1cccc(COc2ccccc2)c1C)c1ccc(F)cc1. The van der Waals surface area contributed by atoms with Gasteiger partial charge >= 0.3 is 5.97 Å². The lowest BCUT2D eigenvalue weighted by Gasteiger charge is -2.21. The van der Waals surface area contributed by atoms with Crippen molar-refractivity contribution in [3.8, 4) is 5.75 Å². The molecule has 0 heterocycles. The molecule has 0 aliphatic rings. The van der Waals surface area contributed by atoms with Crippen molar-refractivity contribution >= 4 is 11.7 Å². The average Bonchev–Trinajstić information content (AvgIpc) is 2.73. The number of rotatable bonds is 7. The van der Waals surface area contributed by atoms with Crippen molar-refractivity contribution in [2.75, 3.05) is 12.4 Å². The number of benzene rings is 3. The smallest absolute Gasteiger partial charge is 0.332 e. The minimum Gasteiger partial charge on any atom is -0.489 e. The Hall–Kier alpha value is -3.34. The first kappa shape index (κ1) is 19.4. The van der Waals surface area contributed by atoms with Gasteiger partial charge in [-0.2, -0.15) is 0 Å². The fraction of sp³-hybridized carbons (Fsp3) is 0.174. The molecule has 0 spiro atoms. The first-order valence-corrected chi connectivity index (χ1v) is 8.94. The van der Waals surface area contributed by atoms with Gasteiger partial charge in [0.25, 0.3) is 0 Å². The summed E-state index contributed by atoms with van der Waals surface area (Å²) in [5.74, 6) is -0.0143. The Morgan fingerprint density at radius 3 is 2.39 bits per heavy atom. The van der Waals surface area contributed by atoms with Crippen LogP contribution in [-0.4, -0.2) is 13.1 Å². The molecule has 0 saturated heterocycles. The van der Waals surface area contributed by atoms with Crippen LogP contribution in [0, 0.1) is 12.7 Å². The molecule has 0 radical (unpaired) electrons. The van der Waals surface area contributed by atoms with Crippen molar-refractivity contribution in [3.63, 3.8) is 0 Å². The topological polar surface area (TPSA) is 47.6 Å². The first-order chi connectivity index (χ1) is 13.6. The number of hydrogen-bond donors (Lipinski definition) is 1. The number of para-hydroxylation sites is 1. The van der Waals surface area contributed by atoms with E-state index in [0.717, 1.165) is 22.6 Å². The molecular weight excluding hydrogens is 357 g/mol. The maximum absolute atomic E-state index is 13.3. The third-order valence-electron chi connectivity index (χ3n) is 4.52. The largest absolute Gasteiger partial charge is 0.489 e. The van der Waals surface area contributed by atoms with Gasteiger partial charge in [0, 0.05) is 5.69 Å². The predicted molar refractivity (Wildman–Crippen MR) is 107 cm³/mol. The van der Waals surface area contributed by atoms with E-state index in [2.05, 4.69) is 5.32 Å². The summed E-state index contributed by atoms with van der Waals surface area (Å²) < 4.78 is 24.0. The molecule has 0 saturated carbocycles. The Balaban J connectivity index is 1.81. The van der Waals surface area contributed by atoms with E-state index in [9.17, 15) is 9.18 Å². The monoisotopic (exact) mass is 379 g/mol. The third kappa shape index (κ3) is 4.68. The third-order valence-corrected chi connectivity index (χ3v) is 4.52. The summed E-state index contributed by atoms with van der Waals surface area (Å²) in [6.45, 7) is 2.37. The summed E-state index contributed by atoms with van der Waals surface area (Å²) >= 11 is 0. The van der Waals surface area contributed by atoms with Crippen LogP contribution in [0.25, 0.3) is 0 Å². The van der Waals surface area contributed by atoms with Crippen LogP contribution < -0.4 is 10.1 Å². The van der Waals surface area contributed by atoms with E-state index in [1.54, 1.807) is 12.1 Å². The molecular formula is C23H22FNO3. The minimum absolute atomic E-state index is 0.358. The molecule has 28 heavy (non-hydrogen) atoms. The molecule has 3 aromatic carbocycles. The fourth-order valence-corrected chi connectivity index (χ4v) is 2.88. The van der Waals surface area contributed by atoms with E-state index < -0.39 is 12.0 Å². The lowest BCUT2D eigenvalue weighted by molar-refractivity contribution is -0.141.